The number of aromatic nitrogens is 3. The minimum Gasteiger partial charge on any atom is -0.332 e. The smallest absolute Gasteiger partial charge is 0.332 e. The molecule has 176 valence electrons. The van der Waals surface area contributed by atoms with Gasteiger partial charge in [-0.2, -0.15) is 13.2 Å². The summed E-state index contributed by atoms with van der Waals surface area (Å²) in [6, 6.07) is 7.80. The summed E-state index contributed by atoms with van der Waals surface area (Å²) >= 11 is 6.13. The monoisotopic (exact) mass is 490 g/mol. The van der Waals surface area contributed by atoms with Gasteiger partial charge in [-0.05, 0) is 43.7 Å². The Balaban J connectivity index is 1.38. The van der Waals surface area contributed by atoms with Crippen molar-refractivity contribution in [2.45, 2.75) is 43.9 Å². The van der Waals surface area contributed by atoms with Crippen molar-refractivity contribution in [3.05, 3.63) is 76.6 Å². The molecule has 0 saturated carbocycles. The molecule has 34 heavy (non-hydrogen) atoms. The highest BCUT2D eigenvalue weighted by atomic mass is 35.5. The largest absolute Gasteiger partial charge is 0.417 e. The topological polar surface area (TPSA) is 59.0 Å². The maximum atomic E-state index is 13.6. The van der Waals surface area contributed by atoms with Gasteiger partial charge < -0.3 is 4.90 Å². The third kappa shape index (κ3) is 4.13. The maximum absolute atomic E-state index is 13.6. The minimum atomic E-state index is -4.51. The number of pyridine rings is 1. The van der Waals surface area contributed by atoms with Crippen LogP contribution in [-0.4, -0.2) is 37.8 Å². The third-order valence-electron chi connectivity index (χ3n) is 6.62. The van der Waals surface area contributed by atoms with Crippen LogP contribution >= 0.6 is 11.6 Å². The highest BCUT2D eigenvalue weighted by molar-refractivity contribution is 6.31. The lowest BCUT2D eigenvalue weighted by molar-refractivity contribution is -0.137. The first-order valence-corrected chi connectivity index (χ1v) is 11.2. The third-order valence-corrected chi connectivity index (χ3v) is 6.95. The van der Waals surface area contributed by atoms with Gasteiger partial charge in [0.25, 0.3) is 5.91 Å². The van der Waals surface area contributed by atoms with Gasteiger partial charge >= 0.3 is 6.18 Å². The summed E-state index contributed by atoms with van der Waals surface area (Å²) in [7, 11) is 0. The van der Waals surface area contributed by atoms with Gasteiger partial charge in [-0.25, -0.2) is 14.4 Å². The molecular weight excluding hydrogens is 472 g/mol. The zero-order valence-electron chi connectivity index (χ0n) is 17.8. The van der Waals surface area contributed by atoms with Crippen LogP contribution in [0.25, 0.3) is 11.4 Å². The minimum absolute atomic E-state index is 0.0192. The fourth-order valence-corrected chi connectivity index (χ4v) is 5.37. The molecule has 3 atom stereocenters. The molecule has 2 saturated heterocycles. The Morgan fingerprint density at radius 1 is 1.09 bits per heavy atom. The molecule has 10 heteroatoms. The molecule has 0 spiro atoms. The zero-order valence-corrected chi connectivity index (χ0v) is 18.5. The SMILES string of the molecule is O=C(c1ccccc1-c1ncc(F)cn1)N1C2CCC1C(Cc1ncc(C(F)(F)F)cc1Cl)C2. The van der Waals surface area contributed by atoms with Gasteiger partial charge in [-0.3, -0.25) is 9.78 Å². The zero-order chi connectivity index (χ0) is 24.0. The highest BCUT2D eigenvalue weighted by Crippen LogP contribution is 2.45. The summed E-state index contributed by atoms with van der Waals surface area (Å²) in [5.41, 5.74) is 0.463. The molecule has 1 amide bonds. The van der Waals surface area contributed by atoms with Crippen molar-refractivity contribution in [3.8, 4) is 11.4 Å². The van der Waals surface area contributed by atoms with E-state index in [0.717, 1.165) is 43.9 Å². The second-order valence-corrected chi connectivity index (χ2v) is 9.04. The van der Waals surface area contributed by atoms with E-state index in [2.05, 4.69) is 15.0 Å². The molecular formula is C24H19ClF4N4O. The molecule has 0 radical (unpaired) electrons. The Labute approximate surface area is 197 Å². The number of nitrogens with zero attached hydrogens (tertiary/aromatic N) is 4. The Kier molecular flexibility index (Phi) is 5.75. The van der Waals surface area contributed by atoms with Crippen molar-refractivity contribution in [1.82, 2.24) is 19.9 Å². The Morgan fingerprint density at radius 2 is 1.82 bits per heavy atom. The summed E-state index contributed by atoms with van der Waals surface area (Å²) in [6.45, 7) is 0. The molecule has 1 aromatic carbocycles. The average Bonchev–Trinajstić information content (AvgIpc) is 3.37. The molecule has 2 aromatic heterocycles. The van der Waals surface area contributed by atoms with Gasteiger partial charge in [0, 0.05) is 23.8 Å². The van der Waals surface area contributed by atoms with Gasteiger partial charge in [0.2, 0.25) is 0 Å². The van der Waals surface area contributed by atoms with Gasteiger partial charge in [-0.1, -0.05) is 29.8 Å². The molecule has 5 nitrogen and oxygen atoms in total. The van der Waals surface area contributed by atoms with Gasteiger partial charge in [0.1, 0.15) is 0 Å². The van der Waals surface area contributed by atoms with E-state index >= 15 is 0 Å². The first kappa shape index (κ1) is 22.7. The maximum Gasteiger partial charge on any atom is 0.417 e. The van der Waals surface area contributed by atoms with Crippen molar-refractivity contribution in [2.24, 2.45) is 5.92 Å². The van der Waals surface area contributed by atoms with Crippen molar-refractivity contribution < 1.29 is 22.4 Å². The molecule has 0 aliphatic carbocycles. The van der Waals surface area contributed by atoms with Crippen molar-refractivity contribution in [3.63, 3.8) is 0 Å². The Morgan fingerprint density at radius 3 is 2.53 bits per heavy atom. The van der Waals surface area contributed by atoms with Gasteiger partial charge in [0.05, 0.1) is 34.2 Å². The van der Waals surface area contributed by atoms with E-state index < -0.39 is 17.6 Å². The summed E-state index contributed by atoms with van der Waals surface area (Å²) in [5, 5.41) is -0.0192. The molecule has 3 aromatic rings. The summed E-state index contributed by atoms with van der Waals surface area (Å²) in [5.74, 6) is -0.429. The number of alkyl halides is 3. The Bertz CT molecular complexity index is 1230. The van der Waals surface area contributed by atoms with E-state index in [1.165, 1.54) is 0 Å². The quantitative estimate of drug-likeness (QED) is 0.448. The van der Waals surface area contributed by atoms with E-state index in [0.29, 0.717) is 23.2 Å². The number of carbonyl (C=O) groups excluding carboxylic acids is 1. The fraction of sp³-hybridized carbons (Fsp3) is 0.333. The first-order valence-electron chi connectivity index (χ1n) is 10.8. The van der Waals surface area contributed by atoms with Crippen molar-refractivity contribution in [2.75, 3.05) is 0 Å². The standard InChI is InChI=1S/C24H19ClF4N4O/c25-19-9-14(24(27,28)29)10-30-20(19)8-13-7-16-5-6-21(13)33(16)23(34)18-4-2-1-3-17(18)22-31-11-15(26)12-32-22/h1-4,9-13,16,21H,5-8H2. The van der Waals surface area contributed by atoms with Crippen LogP contribution in [0.3, 0.4) is 0 Å². The number of rotatable bonds is 4. The number of amides is 1. The van der Waals surface area contributed by atoms with Crippen LogP contribution in [-0.2, 0) is 12.6 Å². The summed E-state index contributed by atoms with van der Waals surface area (Å²) in [4.78, 5) is 27.5. The fourth-order valence-electron chi connectivity index (χ4n) is 5.12. The van der Waals surface area contributed by atoms with E-state index in [9.17, 15) is 22.4 Å². The van der Waals surface area contributed by atoms with Crippen LogP contribution in [0.4, 0.5) is 17.6 Å². The lowest BCUT2D eigenvalue weighted by Crippen LogP contribution is -2.37. The Hall–Kier alpha value is -3.07. The predicted molar refractivity (Wildman–Crippen MR) is 116 cm³/mol. The molecule has 5 rings (SSSR count). The number of hydrogen-bond acceptors (Lipinski definition) is 4. The van der Waals surface area contributed by atoms with Crippen molar-refractivity contribution >= 4 is 17.5 Å². The molecule has 3 unspecified atom stereocenters. The number of halogens is 5. The predicted octanol–water partition coefficient (Wildman–Crippen LogP) is 5.59. The lowest BCUT2D eigenvalue weighted by atomic mass is 9.86. The normalized spacial score (nSPS) is 21.8. The van der Waals surface area contributed by atoms with Gasteiger partial charge in [-0.15, -0.1) is 0 Å². The second-order valence-electron chi connectivity index (χ2n) is 8.63. The van der Waals surface area contributed by atoms with Crippen LogP contribution < -0.4 is 0 Å². The number of benzene rings is 1. The molecule has 4 heterocycles. The van der Waals surface area contributed by atoms with E-state index in [1.54, 1.807) is 24.3 Å². The average molecular weight is 491 g/mol. The van der Waals surface area contributed by atoms with E-state index in [4.69, 9.17) is 11.6 Å². The van der Waals surface area contributed by atoms with E-state index in [1.807, 2.05) is 4.90 Å². The van der Waals surface area contributed by atoms with Crippen LogP contribution in [0.1, 0.15) is 40.9 Å². The lowest BCUT2D eigenvalue weighted by Gasteiger charge is -2.25. The summed E-state index contributed by atoms with van der Waals surface area (Å²) in [6.07, 6.45) is 1.18. The molecule has 2 aliphatic rings. The van der Waals surface area contributed by atoms with Crippen molar-refractivity contribution in [1.29, 1.82) is 0 Å². The molecule has 2 bridgehead atoms. The van der Waals surface area contributed by atoms with Crippen LogP contribution in [0, 0.1) is 11.7 Å². The molecule has 2 fully saturated rings. The van der Waals surface area contributed by atoms with Crippen LogP contribution in [0.15, 0.2) is 48.9 Å². The number of fused-ring (bicyclic) bond motifs is 2. The van der Waals surface area contributed by atoms with Gasteiger partial charge in [0.15, 0.2) is 11.6 Å². The second kappa shape index (κ2) is 8.61. The number of carbonyl (C=O) groups is 1. The molecule has 2 aliphatic heterocycles. The first-order chi connectivity index (χ1) is 16.2. The number of hydrogen-bond donors (Lipinski definition) is 0. The van der Waals surface area contributed by atoms with Crippen LogP contribution in [0.2, 0.25) is 5.02 Å². The van der Waals surface area contributed by atoms with Crippen LogP contribution in [0.5, 0.6) is 0 Å². The molecule has 0 N–H and O–H groups in total. The van der Waals surface area contributed by atoms with E-state index in [-0.39, 0.29) is 34.8 Å². The summed E-state index contributed by atoms with van der Waals surface area (Å²) < 4.78 is 52.1. The highest BCUT2D eigenvalue weighted by Gasteiger charge is 2.49.